The summed E-state index contributed by atoms with van der Waals surface area (Å²) in [5.74, 6) is 0. The fourth-order valence-electron chi connectivity index (χ4n) is 2.98. The monoisotopic (exact) mass is 262 g/mol. The number of likely N-dealkylation sites (N-methyl/N-ethyl adjacent to an activating group) is 1. The molecule has 1 saturated heterocycles. The van der Waals surface area contributed by atoms with Crippen LogP contribution >= 0.6 is 0 Å². The third-order valence-corrected chi connectivity index (χ3v) is 4.10. The van der Waals surface area contributed by atoms with E-state index in [4.69, 9.17) is 10.5 Å². The van der Waals surface area contributed by atoms with Gasteiger partial charge in [-0.1, -0.05) is 37.3 Å². The van der Waals surface area contributed by atoms with Crippen molar-refractivity contribution in [1.82, 2.24) is 4.90 Å². The molecule has 1 aliphatic heterocycles. The Labute approximate surface area is 116 Å². The minimum Gasteiger partial charge on any atom is -0.377 e. The summed E-state index contributed by atoms with van der Waals surface area (Å²) in [5, 5.41) is 0. The molecule has 1 aromatic rings. The second kappa shape index (κ2) is 7.04. The number of nitrogens with two attached hydrogens (primary N) is 1. The Bertz CT molecular complexity index is 362. The van der Waals surface area contributed by atoms with E-state index in [2.05, 4.69) is 43.1 Å². The second-order valence-electron chi connectivity index (χ2n) is 5.49. The van der Waals surface area contributed by atoms with E-state index in [1.807, 2.05) is 6.07 Å². The molecule has 0 bridgehead atoms. The molecule has 0 radical (unpaired) electrons. The third kappa shape index (κ3) is 3.78. The van der Waals surface area contributed by atoms with Gasteiger partial charge < -0.3 is 10.5 Å². The smallest absolute Gasteiger partial charge is 0.0702 e. The van der Waals surface area contributed by atoms with Gasteiger partial charge in [-0.25, -0.2) is 0 Å². The summed E-state index contributed by atoms with van der Waals surface area (Å²) < 4.78 is 5.72. The highest BCUT2D eigenvalue weighted by molar-refractivity contribution is 5.20. The van der Waals surface area contributed by atoms with Crippen molar-refractivity contribution in [2.45, 2.75) is 44.4 Å². The highest BCUT2D eigenvalue weighted by atomic mass is 16.5. The molecule has 1 fully saturated rings. The fraction of sp³-hybridized carbons (Fsp3) is 0.625. The quantitative estimate of drug-likeness (QED) is 0.856. The van der Waals surface area contributed by atoms with E-state index in [1.54, 1.807) is 0 Å². The lowest BCUT2D eigenvalue weighted by atomic mass is 9.97. The van der Waals surface area contributed by atoms with Crippen molar-refractivity contribution in [2.75, 3.05) is 20.2 Å². The van der Waals surface area contributed by atoms with Crippen LogP contribution in [0.1, 0.15) is 37.8 Å². The minimum absolute atomic E-state index is 0.0672. The lowest BCUT2D eigenvalue weighted by molar-refractivity contribution is 0.0624. The van der Waals surface area contributed by atoms with E-state index in [0.29, 0.717) is 12.1 Å². The van der Waals surface area contributed by atoms with Crippen LogP contribution in [0.15, 0.2) is 30.3 Å². The van der Waals surface area contributed by atoms with Crippen LogP contribution in [-0.4, -0.2) is 37.2 Å². The van der Waals surface area contributed by atoms with Crippen molar-refractivity contribution in [3.8, 4) is 0 Å². The summed E-state index contributed by atoms with van der Waals surface area (Å²) in [7, 11) is 2.17. The molecule has 19 heavy (non-hydrogen) atoms. The van der Waals surface area contributed by atoms with E-state index in [9.17, 15) is 0 Å². The van der Waals surface area contributed by atoms with Gasteiger partial charge in [-0.05, 0) is 31.9 Å². The van der Waals surface area contributed by atoms with Gasteiger partial charge in [0, 0.05) is 25.2 Å². The molecule has 0 spiro atoms. The molecule has 0 aromatic heterocycles. The van der Waals surface area contributed by atoms with Crippen molar-refractivity contribution < 1.29 is 4.74 Å². The number of rotatable bonds is 6. The van der Waals surface area contributed by atoms with Gasteiger partial charge in [0.1, 0.15) is 0 Å². The van der Waals surface area contributed by atoms with Gasteiger partial charge in [-0.2, -0.15) is 0 Å². The summed E-state index contributed by atoms with van der Waals surface area (Å²) in [4.78, 5) is 2.37. The molecule has 3 nitrogen and oxygen atoms in total. The van der Waals surface area contributed by atoms with Crippen molar-refractivity contribution in [1.29, 1.82) is 0 Å². The zero-order valence-electron chi connectivity index (χ0n) is 12.1. The van der Waals surface area contributed by atoms with Gasteiger partial charge in [0.15, 0.2) is 0 Å². The highest BCUT2D eigenvalue weighted by Crippen LogP contribution is 2.22. The van der Waals surface area contributed by atoms with Crippen LogP contribution in [0.25, 0.3) is 0 Å². The van der Waals surface area contributed by atoms with Crippen LogP contribution in [0.5, 0.6) is 0 Å². The van der Waals surface area contributed by atoms with E-state index >= 15 is 0 Å². The Hall–Kier alpha value is -0.900. The van der Waals surface area contributed by atoms with Gasteiger partial charge >= 0.3 is 0 Å². The van der Waals surface area contributed by atoms with E-state index in [0.717, 1.165) is 19.6 Å². The Morgan fingerprint density at radius 3 is 2.68 bits per heavy atom. The average Bonchev–Trinajstić information content (AvgIpc) is 2.93. The van der Waals surface area contributed by atoms with Crippen LogP contribution in [-0.2, 0) is 4.74 Å². The van der Waals surface area contributed by atoms with Gasteiger partial charge in [0.2, 0.25) is 0 Å². The molecule has 0 amide bonds. The first kappa shape index (κ1) is 14.5. The third-order valence-electron chi connectivity index (χ3n) is 4.10. The fourth-order valence-corrected chi connectivity index (χ4v) is 2.98. The molecular formula is C16H26N2O. The van der Waals surface area contributed by atoms with Crippen LogP contribution in [0.3, 0.4) is 0 Å². The predicted octanol–water partition coefficient (Wildman–Crippen LogP) is 2.58. The molecule has 3 unspecified atom stereocenters. The van der Waals surface area contributed by atoms with Gasteiger partial charge in [0.05, 0.1) is 6.10 Å². The topological polar surface area (TPSA) is 38.5 Å². The first-order valence-corrected chi connectivity index (χ1v) is 7.34. The molecule has 2 N–H and O–H groups in total. The maximum absolute atomic E-state index is 6.44. The summed E-state index contributed by atoms with van der Waals surface area (Å²) in [6.45, 7) is 4.11. The predicted molar refractivity (Wildman–Crippen MR) is 79.1 cm³/mol. The van der Waals surface area contributed by atoms with E-state index < -0.39 is 0 Å². The molecule has 3 heteroatoms. The molecule has 1 aliphatic rings. The molecule has 2 rings (SSSR count). The SMILES string of the molecule is CCC(C(N)c1ccccc1)N(C)CC1CCCO1. The first-order valence-electron chi connectivity index (χ1n) is 7.34. The zero-order chi connectivity index (χ0) is 13.7. The van der Waals surface area contributed by atoms with Gasteiger partial charge in [-0.3, -0.25) is 4.90 Å². The van der Waals surface area contributed by atoms with Crippen molar-refractivity contribution >= 4 is 0 Å². The van der Waals surface area contributed by atoms with Crippen LogP contribution in [0.4, 0.5) is 0 Å². The van der Waals surface area contributed by atoms with Crippen molar-refractivity contribution in [3.05, 3.63) is 35.9 Å². The Morgan fingerprint density at radius 2 is 2.11 bits per heavy atom. The number of benzene rings is 1. The largest absolute Gasteiger partial charge is 0.377 e. The number of hydrogen-bond acceptors (Lipinski definition) is 3. The average molecular weight is 262 g/mol. The summed E-state index contributed by atoms with van der Waals surface area (Å²) in [5.41, 5.74) is 7.66. The Kier molecular flexibility index (Phi) is 5.37. The molecule has 3 atom stereocenters. The standard InChI is InChI=1S/C16H26N2O/c1-3-15(16(17)13-8-5-4-6-9-13)18(2)12-14-10-7-11-19-14/h4-6,8-9,14-16H,3,7,10-12,17H2,1-2H3. The lowest BCUT2D eigenvalue weighted by Crippen LogP contribution is -2.43. The molecule has 0 saturated carbocycles. The molecule has 1 heterocycles. The van der Waals surface area contributed by atoms with E-state index in [1.165, 1.54) is 18.4 Å². The normalized spacial score (nSPS) is 22.6. The van der Waals surface area contributed by atoms with Crippen LogP contribution < -0.4 is 5.73 Å². The molecule has 0 aliphatic carbocycles. The Morgan fingerprint density at radius 1 is 1.37 bits per heavy atom. The Balaban J connectivity index is 1.97. The summed E-state index contributed by atoms with van der Waals surface area (Å²) in [6.07, 6.45) is 3.82. The lowest BCUT2D eigenvalue weighted by Gasteiger charge is -2.33. The van der Waals surface area contributed by atoms with Crippen LogP contribution in [0, 0.1) is 0 Å². The molecule has 106 valence electrons. The number of nitrogens with zero attached hydrogens (tertiary/aromatic N) is 1. The summed E-state index contributed by atoms with van der Waals surface area (Å²) >= 11 is 0. The van der Waals surface area contributed by atoms with E-state index in [-0.39, 0.29) is 6.04 Å². The minimum atomic E-state index is 0.0672. The maximum atomic E-state index is 6.44. The molecule has 1 aromatic carbocycles. The number of ether oxygens (including phenoxy) is 1. The van der Waals surface area contributed by atoms with Crippen molar-refractivity contribution in [2.24, 2.45) is 5.73 Å². The van der Waals surface area contributed by atoms with Crippen molar-refractivity contribution in [3.63, 3.8) is 0 Å². The highest BCUT2D eigenvalue weighted by Gasteiger charge is 2.25. The second-order valence-corrected chi connectivity index (χ2v) is 5.49. The van der Waals surface area contributed by atoms with Crippen LogP contribution in [0.2, 0.25) is 0 Å². The van der Waals surface area contributed by atoms with Gasteiger partial charge in [-0.15, -0.1) is 0 Å². The summed E-state index contributed by atoms with van der Waals surface area (Å²) in [6, 6.07) is 10.8. The van der Waals surface area contributed by atoms with Gasteiger partial charge in [0.25, 0.3) is 0 Å². The first-order chi connectivity index (χ1) is 9.22. The maximum Gasteiger partial charge on any atom is 0.0702 e. The zero-order valence-corrected chi connectivity index (χ0v) is 12.1. The molecular weight excluding hydrogens is 236 g/mol. The number of hydrogen-bond donors (Lipinski definition) is 1.